The summed E-state index contributed by atoms with van der Waals surface area (Å²) >= 11 is 3.38. The summed E-state index contributed by atoms with van der Waals surface area (Å²) in [6.07, 6.45) is 1.22. The molecule has 0 radical (unpaired) electrons. The molecule has 1 aliphatic rings. The number of fused-ring (bicyclic) bond motifs is 1. The van der Waals surface area contributed by atoms with Gasteiger partial charge in [-0.05, 0) is 29.7 Å². The zero-order valence-electron chi connectivity index (χ0n) is 11.0. The van der Waals surface area contributed by atoms with Gasteiger partial charge in [0.1, 0.15) is 0 Å². The van der Waals surface area contributed by atoms with Gasteiger partial charge >= 0.3 is 0 Å². The van der Waals surface area contributed by atoms with Gasteiger partial charge in [0.15, 0.2) is 5.78 Å². The van der Waals surface area contributed by atoms with Gasteiger partial charge in [-0.3, -0.25) is 4.79 Å². The molecule has 1 heterocycles. The molecule has 0 amide bonds. The Kier molecular flexibility index (Phi) is 3.99. The van der Waals surface area contributed by atoms with Crippen molar-refractivity contribution in [2.24, 2.45) is 0 Å². The van der Waals surface area contributed by atoms with Gasteiger partial charge in [0.25, 0.3) is 0 Å². The molecule has 0 saturated carbocycles. The molecule has 20 heavy (non-hydrogen) atoms. The zero-order valence-corrected chi connectivity index (χ0v) is 12.6. The highest BCUT2D eigenvalue weighted by Gasteiger charge is 2.23. The number of ketones is 1. The average Bonchev–Trinajstić information content (AvgIpc) is 2.48. The second-order valence-corrected chi connectivity index (χ2v) is 5.86. The molecule has 1 aliphatic heterocycles. The molecule has 2 aromatic rings. The van der Waals surface area contributed by atoms with E-state index >= 15 is 0 Å². The van der Waals surface area contributed by atoms with Crippen LogP contribution >= 0.6 is 15.9 Å². The number of ether oxygens (including phenoxy) is 1. The van der Waals surface area contributed by atoms with E-state index in [1.807, 2.05) is 36.4 Å². The van der Waals surface area contributed by atoms with Crippen molar-refractivity contribution in [2.45, 2.75) is 18.9 Å². The van der Waals surface area contributed by atoms with E-state index in [0.717, 1.165) is 22.0 Å². The largest absolute Gasteiger partial charge is 0.373 e. The van der Waals surface area contributed by atoms with Gasteiger partial charge in [-0.25, -0.2) is 0 Å². The third kappa shape index (κ3) is 2.84. The molecule has 0 bridgehead atoms. The number of Topliss-reactive ketones (excluding diaryl/α,β-unsaturated/α-hetero) is 1. The Morgan fingerprint density at radius 3 is 2.70 bits per heavy atom. The standard InChI is InChI=1S/C17H15BrO2/c18-14-7-5-13(6-8-14)16(19)11-17-15-4-2-1-3-12(15)9-10-20-17/h1-8,17H,9-11H2. The maximum absolute atomic E-state index is 12.3. The monoisotopic (exact) mass is 330 g/mol. The Morgan fingerprint density at radius 1 is 1.15 bits per heavy atom. The predicted molar refractivity (Wildman–Crippen MR) is 81.9 cm³/mol. The van der Waals surface area contributed by atoms with Crippen LogP contribution < -0.4 is 0 Å². The van der Waals surface area contributed by atoms with Crippen molar-refractivity contribution in [2.75, 3.05) is 6.61 Å². The molecule has 0 saturated heterocycles. The summed E-state index contributed by atoms with van der Waals surface area (Å²) in [7, 11) is 0. The van der Waals surface area contributed by atoms with Crippen LogP contribution in [0.2, 0.25) is 0 Å². The third-order valence-corrected chi connectivity index (χ3v) is 4.16. The molecule has 2 nitrogen and oxygen atoms in total. The van der Waals surface area contributed by atoms with Crippen molar-refractivity contribution >= 4 is 21.7 Å². The number of carbonyl (C=O) groups excluding carboxylic acids is 1. The van der Waals surface area contributed by atoms with Gasteiger partial charge in [0.2, 0.25) is 0 Å². The number of hydrogen-bond acceptors (Lipinski definition) is 2. The van der Waals surface area contributed by atoms with E-state index in [1.54, 1.807) is 0 Å². The molecule has 2 aromatic carbocycles. The first-order chi connectivity index (χ1) is 9.74. The van der Waals surface area contributed by atoms with Gasteiger partial charge in [-0.15, -0.1) is 0 Å². The van der Waals surface area contributed by atoms with E-state index in [-0.39, 0.29) is 11.9 Å². The molecule has 0 aliphatic carbocycles. The fraction of sp³-hybridized carbons (Fsp3) is 0.235. The van der Waals surface area contributed by atoms with Crippen LogP contribution in [0.5, 0.6) is 0 Å². The lowest BCUT2D eigenvalue weighted by Gasteiger charge is -2.25. The molecule has 102 valence electrons. The fourth-order valence-electron chi connectivity index (χ4n) is 2.57. The Bertz CT molecular complexity index is 619. The van der Waals surface area contributed by atoms with Crippen LogP contribution in [-0.4, -0.2) is 12.4 Å². The highest BCUT2D eigenvalue weighted by atomic mass is 79.9. The summed E-state index contributed by atoms with van der Waals surface area (Å²) in [6, 6.07) is 15.7. The van der Waals surface area contributed by atoms with Crippen molar-refractivity contribution in [1.29, 1.82) is 0 Å². The van der Waals surface area contributed by atoms with Crippen LogP contribution in [0.4, 0.5) is 0 Å². The summed E-state index contributed by atoms with van der Waals surface area (Å²) in [5.74, 6) is 0.124. The summed E-state index contributed by atoms with van der Waals surface area (Å²) in [4.78, 5) is 12.3. The van der Waals surface area contributed by atoms with Gasteiger partial charge < -0.3 is 4.74 Å². The van der Waals surface area contributed by atoms with E-state index in [1.165, 1.54) is 5.56 Å². The summed E-state index contributed by atoms with van der Waals surface area (Å²) < 4.78 is 6.77. The lowest BCUT2D eigenvalue weighted by molar-refractivity contribution is 0.0352. The second-order valence-electron chi connectivity index (χ2n) is 4.94. The molecule has 3 heteroatoms. The number of carbonyl (C=O) groups is 1. The Hall–Kier alpha value is -1.45. The minimum atomic E-state index is -0.115. The summed E-state index contributed by atoms with van der Waals surface area (Å²) in [5.41, 5.74) is 3.19. The molecule has 1 unspecified atom stereocenters. The van der Waals surface area contributed by atoms with Crippen LogP contribution in [0.25, 0.3) is 0 Å². The smallest absolute Gasteiger partial charge is 0.165 e. The summed E-state index contributed by atoms with van der Waals surface area (Å²) in [5, 5.41) is 0. The topological polar surface area (TPSA) is 26.3 Å². The first-order valence-corrected chi connectivity index (χ1v) is 7.51. The van der Waals surface area contributed by atoms with Crippen LogP contribution in [0.3, 0.4) is 0 Å². The first kappa shape index (κ1) is 13.5. The molecular weight excluding hydrogens is 316 g/mol. The molecule has 3 rings (SSSR count). The quantitative estimate of drug-likeness (QED) is 0.782. The van der Waals surface area contributed by atoms with Gasteiger partial charge in [-0.2, -0.15) is 0 Å². The van der Waals surface area contributed by atoms with E-state index in [9.17, 15) is 4.79 Å². The number of benzene rings is 2. The van der Waals surface area contributed by atoms with Crippen LogP contribution in [-0.2, 0) is 11.2 Å². The minimum Gasteiger partial charge on any atom is -0.373 e. The minimum absolute atomic E-state index is 0.115. The molecule has 0 fully saturated rings. The molecular formula is C17H15BrO2. The van der Waals surface area contributed by atoms with Crippen molar-refractivity contribution in [1.82, 2.24) is 0 Å². The average molecular weight is 331 g/mol. The normalized spacial score (nSPS) is 17.6. The van der Waals surface area contributed by atoms with Crippen LogP contribution in [0.1, 0.15) is 34.0 Å². The lowest BCUT2D eigenvalue weighted by atomic mass is 9.93. The lowest BCUT2D eigenvalue weighted by Crippen LogP contribution is -2.19. The van der Waals surface area contributed by atoms with E-state index in [4.69, 9.17) is 4.74 Å². The molecule has 0 N–H and O–H groups in total. The SMILES string of the molecule is O=C(CC1OCCc2ccccc21)c1ccc(Br)cc1. The molecule has 0 spiro atoms. The maximum Gasteiger partial charge on any atom is 0.165 e. The fourth-order valence-corrected chi connectivity index (χ4v) is 2.83. The second kappa shape index (κ2) is 5.90. The van der Waals surface area contributed by atoms with Crippen molar-refractivity contribution in [3.63, 3.8) is 0 Å². The van der Waals surface area contributed by atoms with E-state index in [2.05, 4.69) is 28.1 Å². The Morgan fingerprint density at radius 2 is 1.90 bits per heavy atom. The van der Waals surface area contributed by atoms with Gasteiger partial charge in [0, 0.05) is 16.5 Å². The first-order valence-electron chi connectivity index (χ1n) is 6.72. The van der Waals surface area contributed by atoms with Gasteiger partial charge in [-0.1, -0.05) is 52.3 Å². The number of rotatable bonds is 3. The van der Waals surface area contributed by atoms with Crippen molar-refractivity contribution < 1.29 is 9.53 Å². The predicted octanol–water partition coefficient (Wildman–Crippen LogP) is 4.34. The van der Waals surface area contributed by atoms with E-state index < -0.39 is 0 Å². The Labute approximate surface area is 126 Å². The molecule has 0 aromatic heterocycles. The highest BCUT2D eigenvalue weighted by Crippen LogP contribution is 2.30. The number of halogens is 1. The van der Waals surface area contributed by atoms with Crippen molar-refractivity contribution in [3.05, 3.63) is 69.7 Å². The van der Waals surface area contributed by atoms with Crippen LogP contribution in [0, 0.1) is 0 Å². The molecule has 1 atom stereocenters. The Balaban J connectivity index is 1.79. The summed E-state index contributed by atoms with van der Waals surface area (Å²) in [6.45, 7) is 0.690. The van der Waals surface area contributed by atoms with Crippen LogP contribution in [0.15, 0.2) is 53.0 Å². The third-order valence-electron chi connectivity index (χ3n) is 3.63. The maximum atomic E-state index is 12.3. The van der Waals surface area contributed by atoms with Crippen molar-refractivity contribution in [3.8, 4) is 0 Å². The number of hydrogen-bond donors (Lipinski definition) is 0. The van der Waals surface area contributed by atoms with E-state index in [0.29, 0.717) is 13.0 Å². The highest BCUT2D eigenvalue weighted by molar-refractivity contribution is 9.10. The van der Waals surface area contributed by atoms with Gasteiger partial charge in [0.05, 0.1) is 12.7 Å². The zero-order chi connectivity index (χ0) is 13.9.